The van der Waals surface area contributed by atoms with Crippen LogP contribution in [0.4, 0.5) is 0 Å². The van der Waals surface area contributed by atoms with Gasteiger partial charge in [-0.25, -0.2) is 0 Å². The summed E-state index contributed by atoms with van der Waals surface area (Å²) in [5.74, 6) is -0.0212. The molecule has 1 amide bonds. The lowest BCUT2D eigenvalue weighted by molar-refractivity contribution is -0.175. The highest BCUT2D eigenvalue weighted by Crippen LogP contribution is 2.58. The van der Waals surface area contributed by atoms with E-state index < -0.39 is 5.54 Å². The van der Waals surface area contributed by atoms with Crippen molar-refractivity contribution in [2.45, 2.75) is 38.5 Å². The molecule has 2 heterocycles. The number of carbonyl (C=O) groups excluding carboxylic acids is 1. The van der Waals surface area contributed by atoms with Crippen molar-refractivity contribution in [3.05, 3.63) is 18.0 Å². The Morgan fingerprint density at radius 1 is 1.63 bits per heavy atom. The van der Waals surface area contributed by atoms with Crippen LogP contribution < -0.4 is 11.1 Å². The lowest BCUT2D eigenvalue weighted by Gasteiger charge is -2.60. The van der Waals surface area contributed by atoms with Crippen LogP contribution in [-0.2, 0) is 16.1 Å². The van der Waals surface area contributed by atoms with Crippen LogP contribution in [0.25, 0.3) is 0 Å². The van der Waals surface area contributed by atoms with Gasteiger partial charge in [-0.3, -0.25) is 4.79 Å². The van der Waals surface area contributed by atoms with E-state index in [0.29, 0.717) is 18.8 Å². The van der Waals surface area contributed by atoms with E-state index in [1.165, 1.54) is 6.26 Å². The molecule has 1 saturated carbocycles. The Hall–Kier alpha value is -1.40. The summed E-state index contributed by atoms with van der Waals surface area (Å²) >= 11 is 0. The number of ether oxygens (including phenoxy) is 1. The molecule has 3 atom stereocenters. The van der Waals surface area contributed by atoms with Crippen LogP contribution in [0.2, 0.25) is 0 Å². The third-order valence-electron chi connectivity index (χ3n) is 4.75. The molecular weight excluding hydrogens is 246 g/mol. The largest absolute Gasteiger partial charge is 0.377 e. The van der Waals surface area contributed by atoms with Crippen molar-refractivity contribution in [1.29, 1.82) is 0 Å². The molecule has 6 heteroatoms. The number of fused-ring (bicyclic) bond motifs is 1. The zero-order chi connectivity index (χ0) is 13.7. The molecular formula is C13H19N3O3. The number of amides is 1. The number of nitrogens with one attached hydrogen (secondary N) is 1. The van der Waals surface area contributed by atoms with Gasteiger partial charge in [-0.1, -0.05) is 19.0 Å². The highest BCUT2D eigenvalue weighted by Gasteiger charge is 2.71. The van der Waals surface area contributed by atoms with Gasteiger partial charge in [0.1, 0.15) is 17.5 Å². The van der Waals surface area contributed by atoms with Crippen LogP contribution in [0, 0.1) is 11.3 Å². The number of hydrogen-bond donors (Lipinski definition) is 2. The van der Waals surface area contributed by atoms with Crippen molar-refractivity contribution in [2.75, 3.05) is 6.61 Å². The smallest absolute Gasteiger partial charge is 0.241 e. The molecule has 3 unspecified atom stereocenters. The number of rotatable bonds is 3. The fraction of sp³-hybridized carbons (Fsp3) is 0.692. The average Bonchev–Trinajstić information content (AvgIpc) is 3.04. The first kappa shape index (κ1) is 12.6. The van der Waals surface area contributed by atoms with Crippen molar-refractivity contribution in [2.24, 2.45) is 17.1 Å². The molecule has 1 aliphatic carbocycles. The van der Waals surface area contributed by atoms with Gasteiger partial charge in [0, 0.05) is 24.0 Å². The molecule has 0 spiro atoms. The highest BCUT2D eigenvalue weighted by atomic mass is 16.5. The van der Waals surface area contributed by atoms with Crippen molar-refractivity contribution in [3.63, 3.8) is 0 Å². The van der Waals surface area contributed by atoms with Gasteiger partial charge in [0.15, 0.2) is 0 Å². The molecule has 0 aromatic carbocycles. The summed E-state index contributed by atoms with van der Waals surface area (Å²) in [5, 5.41) is 6.62. The third kappa shape index (κ3) is 1.56. The normalized spacial score (nSPS) is 35.5. The van der Waals surface area contributed by atoms with E-state index in [2.05, 4.69) is 10.5 Å². The van der Waals surface area contributed by atoms with Gasteiger partial charge >= 0.3 is 0 Å². The monoisotopic (exact) mass is 265 g/mol. The number of aromatic nitrogens is 1. The zero-order valence-corrected chi connectivity index (χ0v) is 11.2. The second-order valence-electron chi connectivity index (χ2n) is 5.95. The Bertz CT molecular complexity index is 485. The predicted octanol–water partition coefficient (Wildman–Crippen LogP) is 0.433. The lowest BCUT2D eigenvalue weighted by Crippen LogP contribution is -2.80. The molecule has 1 aromatic rings. The van der Waals surface area contributed by atoms with Gasteiger partial charge in [-0.2, -0.15) is 0 Å². The maximum Gasteiger partial charge on any atom is 0.241 e. The van der Waals surface area contributed by atoms with E-state index in [0.717, 1.165) is 6.42 Å². The molecule has 6 nitrogen and oxygen atoms in total. The summed E-state index contributed by atoms with van der Waals surface area (Å²) in [6.45, 7) is 5.02. The Morgan fingerprint density at radius 2 is 2.42 bits per heavy atom. The van der Waals surface area contributed by atoms with Crippen molar-refractivity contribution >= 4 is 5.91 Å². The Kier molecular flexibility index (Phi) is 2.69. The van der Waals surface area contributed by atoms with Crippen LogP contribution in [0.1, 0.15) is 26.0 Å². The summed E-state index contributed by atoms with van der Waals surface area (Å²) in [5.41, 5.74) is 5.89. The van der Waals surface area contributed by atoms with Crippen LogP contribution >= 0.6 is 0 Å². The van der Waals surface area contributed by atoms with Gasteiger partial charge < -0.3 is 20.3 Å². The molecule has 1 aliphatic heterocycles. The van der Waals surface area contributed by atoms with Crippen LogP contribution in [0.3, 0.4) is 0 Å². The number of nitrogens with two attached hydrogens (primary N) is 1. The maximum atomic E-state index is 12.5. The van der Waals surface area contributed by atoms with E-state index in [-0.39, 0.29) is 23.3 Å². The van der Waals surface area contributed by atoms with E-state index in [4.69, 9.17) is 15.0 Å². The topological polar surface area (TPSA) is 90.4 Å². The van der Waals surface area contributed by atoms with Gasteiger partial charge in [0.05, 0.1) is 12.6 Å². The van der Waals surface area contributed by atoms with Gasteiger partial charge in [-0.15, -0.1) is 0 Å². The lowest BCUT2D eigenvalue weighted by atomic mass is 9.48. The number of hydrogen-bond acceptors (Lipinski definition) is 5. The first-order valence-corrected chi connectivity index (χ1v) is 6.56. The Labute approximate surface area is 111 Å². The van der Waals surface area contributed by atoms with E-state index in [1.54, 1.807) is 6.07 Å². The van der Waals surface area contributed by atoms with Crippen LogP contribution in [0.15, 0.2) is 16.9 Å². The molecule has 0 bridgehead atoms. The predicted molar refractivity (Wildman–Crippen MR) is 66.9 cm³/mol. The average molecular weight is 265 g/mol. The number of nitrogens with zero attached hydrogens (tertiary/aromatic N) is 1. The number of carbonyl (C=O) groups is 1. The second kappa shape index (κ2) is 4.05. The van der Waals surface area contributed by atoms with Crippen molar-refractivity contribution in [1.82, 2.24) is 10.5 Å². The fourth-order valence-electron chi connectivity index (χ4n) is 3.49. The van der Waals surface area contributed by atoms with E-state index in [1.807, 2.05) is 13.8 Å². The van der Waals surface area contributed by atoms with Crippen molar-refractivity contribution in [3.8, 4) is 0 Å². The minimum atomic E-state index is -0.863. The standard InChI is InChI=1S/C13H19N3O3/c1-12(2)10-9(4-5-18-10)13(12,14)11(17)15-7-8-3-6-19-16-8/h3,6,9-10H,4-5,7,14H2,1-2H3,(H,15,17). The van der Waals surface area contributed by atoms with Crippen LogP contribution in [-0.4, -0.2) is 29.3 Å². The fourth-order valence-corrected chi connectivity index (χ4v) is 3.49. The molecule has 3 rings (SSSR count). The summed E-state index contributed by atoms with van der Waals surface area (Å²) in [6.07, 6.45) is 2.42. The van der Waals surface area contributed by atoms with Crippen molar-refractivity contribution < 1.29 is 14.1 Å². The second-order valence-corrected chi connectivity index (χ2v) is 5.95. The molecule has 19 heavy (non-hydrogen) atoms. The van der Waals surface area contributed by atoms with Gasteiger partial charge in [-0.05, 0) is 6.42 Å². The molecule has 2 aliphatic rings. The summed E-state index contributed by atoms with van der Waals surface area (Å²) < 4.78 is 10.4. The summed E-state index contributed by atoms with van der Waals surface area (Å²) in [7, 11) is 0. The molecule has 1 aromatic heterocycles. The quantitative estimate of drug-likeness (QED) is 0.827. The molecule has 0 radical (unpaired) electrons. The van der Waals surface area contributed by atoms with E-state index >= 15 is 0 Å². The molecule has 3 N–H and O–H groups in total. The SMILES string of the molecule is CC1(C)C2OCCC2C1(N)C(=O)NCc1ccon1. The molecule has 1 saturated heterocycles. The Balaban J connectivity index is 1.72. The van der Waals surface area contributed by atoms with Crippen LogP contribution in [0.5, 0.6) is 0 Å². The Morgan fingerprint density at radius 3 is 3.11 bits per heavy atom. The third-order valence-corrected chi connectivity index (χ3v) is 4.75. The van der Waals surface area contributed by atoms with Gasteiger partial charge in [0.25, 0.3) is 0 Å². The zero-order valence-electron chi connectivity index (χ0n) is 11.2. The first-order valence-electron chi connectivity index (χ1n) is 6.56. The maximum absolute atomic E-state index is 12.5. The van der Waals surface area contributed by atoms with Gasteiger partial charge in [0.2, 0.25) is 5.91 Å². The first-order chi connectivity index (χ1) is 8.98. The molecule has 2 fully saturated rings. The minimum absolute atomic E-state index is 0.0929. The minimum Gasteiger partial charge on any atom is -0.377 e. The summed E-state index contributed by atoms with van der Waals surface area (Å²) in [6, 6.07) is 1.72. The highest BCUT2D eigenvalue weighted by molar-refractivity contribution is 5.89. The molecule has 104 valence electrons. The van der Waals surface area contributed by atoms with E-state index in [9.17, 15) is 4.79 Å². The summed E-state index contributed by atoms with van der Waals surface area (Å²) in [4.78, 5) is 12.5.